The third-order valence-electron chi connectivity index (χ3n) is 2.64. The molecule has 1 aromatic rings. The SMILES string of the molecule is C=C(C)N.CC.CCC(C)(C)C.CNCO.Cc1ccccc1C.O. The Hall–Kier alpha value is -1.36. The molecule has 1 aromatic carbocycles. The number of benzene rings is 1. The Kier molecular flexibility index (Phi) is 34.7. The Labute approximate surface area is 157 Å². The van der Waals surface area contributed by atoms with E-state index in [0.29, 0.717) is 11.1 Å². The number of aliphatic hydroxyl groups excluding tert-OH is 1. The van der Waals surface area contributed by atoms with Crippen LogP contribution in [0, 0.1) is 19.3 Å². The summed E-state index contributed by atoms with van der Waals surface area (Å²) in [6.07, 6.45) is 1.27. The molecule has 152 valence electrons. The first-order valence-electron chi connectivity index (χ1n) is 8.70. The van der Waals surface area contributed by atoms with Crippen molar-refractivity contribution in [2.24, 2.45) is 11.1 Å². The van der Waals surface area contributed by atoms with Crippen molar-refractivity contribution in [3.63, 3.8) is 0 Å². The van der Waals surface area contributed by atoms with Gasteiger partial charge < -0.3 is 16.3 Å². The van der Waals surface area contributed by atoms with Crippen LogP contribution in [0.1, 0.15) is 66.0 Å². The van der Waals surface area contributed by atoms with Crippen LogP contribution >= 0.6 is 0 Å². The van der Waals surface area contributed by atoms with Crippen LogP contribution < -0.4 is 11.1 Å². The van der Waals surface area contributed by atoms with Gasteiger partial charge in [-0.3, -0.25) is 5.32 Å². The van der Waals surface area contributed by atoms with Crippen LogP contribution in [0.4, 0.5) is 0 Å². The number of hydrogen-bond acceptors (Lipinski definition) is 3. The van der Waals surface area contributed by atoms with E-state index in [4.69, 9.17) is 10.8 Å². The van der Waals surface area contributed by atoms with Crippen molar-refractivity contribution in [1.29, 1.82) is 0 Å². The number of aryl methyl sites for hydroxylation is 2. The van der Waals surface area contributed by atoms with Crippen molar-refractivity contribution in [1.82, 2.24) is 5.32 Å². The zero-order chi connectivity index (χ0) is 20.2. The van der Waals surface area contributed by atoms with Crippen LogP contribution in [-0.2, 0) is 0 Å². The van der Waals surface area contributed by atoms with Crippen molar-refractivity contribution in [2.45, 2.75) is 68.7 Å². The average molecular weight is 359 g/mol. The van der Waals surface area contributed by atoms with Gasteiger partial charge in [0, 0.05) is 0 Å². The molecule has 1 rings (SSSR count). The summed E-state index contributed by atoms with van der Waals surface area (Å²) >= 11 is 0. The highest BCUT2D eigenvalue weighted by Crippen LogP contribution is 2.16. The second kappa shape index (κ2) is 24.9. The molecule has 0 unspecified atom stereocenters. The predicted molar refractivity (Wildman–Crippen MR) is 116 cm³/mol. The lowest BCUT2D eigenvalue weighted by atomic mass is 9.94. The van der Waals surface area contributed by atoms with E-state index >= 15 is 0 Å². The second-order valence-corrected chi connectivity index (χ2v) is 6.36. The molecular weight excluding hydrogens is 312 g/mol. The van der Waals surface area contributed by atoms with Gasteiger partial charge in [0.05, 0.1) is 6.73 Å². The molecule has 25 heavy (non-hydrogen) atoms. The molecule has 0 heterocycles. The number of hydrogen-bond donors (Lipinski definition) is 3. The minimum Gasteiger partial charge on any atom is -0.412 e. The lowest BCUT2D eigenvalue weighted by molar-refractivity contribution is 0.273. The molecule has 0 aliphatic rings. The predicted octanol–water partition coefficient (Wildman–Crippen LogP) is 4.58. The van der Waals surface area contributed by atoms with E-state index in [0.717, 1.165) is 0 Å². The van der Waals surface area contributed by atoms with E-state index in [1.165, 1.54) is 17.5 Å². The molecule has 0 bridgehead atoms. The zero-order valence-corrected chi connectivity index (χ0v) is 18.5. The summed E-state index contributed by atoms with van der Waals surface area (Å²) in [6.45, 7) is 22.3. The summed E-state index contributed by atoms with van der Waals surface area (Å²) in [5.41, 5.74) is 8.86. The third-order valence-corrected chi connectivity index (χ3v) is 2.64. The van der Waals surface area contributed by atoms with Gasteiger partial charge in [-0.1, -0.05) is 78.8 Å². The first-order chi connectivity index (χ1) is 11.0. The van der Waals surface area contributed by atoms with Gasteiger partial charge in [-0.25, -0.2) is 0 Å². The van der Waals surface area contributed by atoms with Gasteiger partial charge in [0.25, 0.3) is 0 Å². The van der Waals surface area contributed by atoms with E-state index in [-0.39, 0.29) is 12.2 Å². The van der Waals surface area contributed by atoms with E-state index in [2.05, 4.69) is 77.7 Å². The van der Waals surface area contributed by atoms with E-state index in [1.807, 2.05) is 13.8 Å². The highest BCUT2D eigenvalue weighted by Gasteiger charge is 2.03. The molecular formula is C21H46N2O2. The number of nitrogens with one attached hydrogen (secondary N) is 1. The van der Waals surface area contributed by atoms with Crippen molar-refractivity contribution >= 4 is 0 Å². The molecule has 4 nitrogen and oxygen atoms in total. The molecule has 0 saturated carbocycles. The Morgan fingerprint density at radius 2 is 1.32 bits per heavy atom. The Morgan fingerprint density at radius 3 is 1.40 bits per heavy atom. The standard InChI is InChI=1S/C8H10.C6H14.C3H7N.C2H7NO.C2H6.H2O/c1-7-5-3-4-6-8(7)2;1-5-6(2,3)4;1-3(2)4;1-3-2-4;1-2;/h3-6H,1-2H3;5H2,1-4H3;1,4H2,2H3;3-4H,2H2,1H3;1-2H3;1H2. The van der Waals surface area contributed by atoms with Gasteiger partial charge in [0.15, 0.2) is 0 Å². The number of allylic oxidation sites excluding steroid dienone is 1. The fourth-order valence-corrected chi connectivity index (χ4v) is 0.663. The first kappa shape index (κ1) is 34.9. The number of nitrogens with two attached hydrogens (primary N) is 1. The summed E-state index contributed by atoms with van der Waals surface area (Å²) in [7, 11) is 1.68. The van der Waals surface area contributed by atoms with Gasteiger partial charge in [-0.15, -0.1) is 0 Å². The summed E-state index contributed by atoms with van der Waals surface area (Å²) < 4.78 is 0. The van der Waals surface area contributed by atoms with Gasteiger partial charge in [-0.05, 0) is 50.1 Å². The Bertz CT molecular complexity index is 345. The second-order valence-electron chi connectivity index (χ2n) is 6.36. The van der Waals surface area contributed by atoms with Crippen molar-refractivity contribution in [2.75, 3.05) is 13.8 Å². The summed E-state index contributed by atoms with van der Waals surface area (Å²) in [5.74, 6) is 0. The molecule has 0 aromatic heterocycles. The maximum absolute atomic E-state index is 7.76. The van der Waals surface area contributed by atoms with E-state index in [9.17, 15) is 0 Å². The Morgan fingerprint density at radius 1 is 1.12 bits per heavy atom. The highest BCUT2D eigenvalue weighted by atomic mass is 16.3. The molecule has 0 saturated heterocycles. The van der Waals surface area contributed by atoms with Crippen LogP contribution in [0.5, 0.6) is 0 Å². The topological polar surface area (TPSA) is 89.8 Å². The molecule has 0 aliphatic heterocycles. The summed E-state index contributed by atoms with van der Waals surface area (Å²) in [6, 6.07) is 8.36. The van der Waals surface area contributed by atoms with Crippen LogP contribution in [0.2, 0.25) is 0 Å². The third kappa shape index (κ3) is 51.8. The minimum absolute atomic E-state index is 0. The van der Waals surface area contributed by atoms with Gasteiger partial charge in [0.2, 0.25) is 0 Å². The summed E-state index contributed by atoms with van der Waals surface area (Å²) in [5, 5.41) is 10.2. The van der Waals surface area contributed by atoms with E-state index < -0.39 is 0 Å². The quantitative estimate of drug-likeness (QED) is 0.642. The molecule has 4 heteroatoms. The van der Waals surface area contributed by atoms with Gasteiger partial charge in [0.1, 0.15) is 0 Å². The lowest BCUT2D eigenvalue weighted by Crippen LogP contribution is -2.04. The number of aliphatic hydroxyl groups is 1. The van der Waals surface area contributed by atoms with Crippen molar-refractivity contribution in [3.05, 3.63) is 47.7 Å². The molecule has 0 amide bonds. The summed E-state index contributed by atoms with van der Waals surface area (Å²) in [4.78, 5) is 0. The molecule has 6 N–H and O–H groups in total. The van der Waals surface area contributed by atoms with Crippen LogP contribution in [-0.4, -0.2) is 24.4 Å². The maximum atomic E-state index is 7.76. The van der Waals surface area contributed by atoms with E-state index in [1.54, 1.807) is 14.0 Å². The van der Waals surface area contributed by atoms with Crippen LogP contribution in [0.25, 0.3) is 0 Å². The first-order valence-corrected chi connectivity index (χ1v) is 8.70. The molecule has 0 radical (unpaired) electrons. The monoisotopic (exact) mass is 358 g/mol. The van der Waals surface area contributed by atoms with Crippen LogP contribution in [0.15, 0.2) is 36.5 Å². The van der Waals surface area contributed by atoms with Gasteiger partial charge >= 0.3 is 0 Å². The zero-order valence-electron chi connectivity index (χ0n) is 18.5. The fraction of sp³-hybridized carbons (Fsp3) is 0.619. The van der Waals surface area contributed by atoms with Crippen molar-refractivity contribution < 1.29 is 10.6 Å². The normalized spacial score (nSPS) is 8.28. The average Bonchev–Trinajstić information content (AvgIpc) is 2.52. The maximum Gasteiger partial charge on any atom is 0.0929 e. The lowest BCUT2D eigenvalue weighted by Gasteiger charge is -2.12. The molecule has 0 atom stereocenters. The molecule has 0 fully saturated rings. The molecule has 0 aliphatic carbocycles. The number of rotatable bonds is 1. The largest absolute Gasteiger partial charge is 0.412 e. The van der Waals surface area contributed by atoms with Crippen molar-refractivity contribution in [3.8, 4) is 0 Å². The van der Waals surface area contributed by atoms with Crippen LogP contribution in [0.3, 0.4) is 0 Å². The van der Waals surface area contributed by atoms with Gasteiger partial charge in [-0.2, -0.15) is 0 Å². The Balaban J connectivity index is -0.0000000709. The minimum atomic E-state index is 0. The highest BCUT2D eigenvalue weighted by molar-refractivity contribution is 5.23. The smallest absolute Gasteiger partial charge is 0.0929 e. The molecule has 0 spiro atoms. The fourth-order valence-electron chi connectivity index (χ4n) is 0.663.